The average Bonchev–Trinajstić information content (AvgIpc) is 3.35. The number of para-hydroxylation sites is 2. The summed E-state index contributed by atoms with van der Waals surface area (Å²) in [5.41, 5.74) is 8.57. The number of aromatic amines is 2. The van der Waals surface area contributed by atoms with Crippen LogP contribution < -0.4 is 0 Å². The van der Waals surface area contributed by atoms with Gasteiger partial charge in [-0.2, -0.15) is 5.10 Å². The van der Waals surface area contributed by atoms with Gasteiger partial charge >= 0.3 is 0 Å². The molecule has 4 aromatic rings. The molecule has 2 N–H and O–H groups in total. The van der Waals surface area contributed by atoms with Gasteiger partial charge in [0.05, 0.1) is 16.6 Å². The summed E-state index contributed by atoms with van der Waals surface area (Å²) in [6.07, 6.45) is 4.12. The third-order valence-corrected chi connectivity index (χ3v) is 5.39. The van der Waals surface area contributed by atoms with Gasteiger partial charge in [-0.05, 0) is 74.5 Å². The molecule has 30 heavy (non-hydrogen) atoms. The van der Waals surface area contributed by atoms with E-state index in [1.807, 2.05) is 30.3 Å². The van der Waals surface area contributed by atoms with E-state index < -0.39 is 0 Å². The second-order valence-electron chi connectivity index (χ2n) is 7.73. The van der Waals surface area contributed by atoms with E-state index in [9.17, 15) is 0 Å². The third kappa shape index (κ3) is 3.60. The molecule has 5 heteroatoms. The van der Waals surface area contributed by atoms with Gasteiger partial charge in [0, 0.05) is 11.9 Å². The first-order chi connectivity index (χ1) is 14.5. The summed E-state index contributed by atoms with van der Waals surface area (Å²) in [6.45, 7) is 9.12. The van der Waals surface area contributed by atoms with Gasteiger partial charge in [0.1, 0.15) is 5.69 Å². The van der Waals surface area contributed by atoms with E-state index in [1.165, 1.54) is 16.7 Å². The Labute approximate surface area is 176 Å². The van der Waals surface area contributed by atoms with Crippen molar-refractivity contribution < 1.29 is 0 Å². The Morgan fingerprint density at radius 2 is 1.93 bits per heavy atom. The van der Waals surface area contributed by atoms with Crippen molar-refractivity contribution >= 4 is 27.5 Å². The SMILES string of the molecule is C=C/C(CN(C)C)=C(C)\C(=C/C)c1ccc2[nH]nc(-c3nc4ccccc4[nH]3)c2c1. The maximum Gasteiger partial charge on any atom is 0.159 e. The maximum absolute atomic E-state index is 4.73. The first kappa shape index (κ1) is 19.9. The molecule has 0 atom stereocenters. The molecule has 2 aromatic carbocycles. The molecular weight excluding hydrogens is 370 g/mol. The molecule has 2 aromatic heterocycles. The van der Waals surface area contributed by atoms with E-state index in [0.717, 1.165) is 45.6 Å². The predicted octanol–water partition coefficient (Wildman–Crippen LogP) is 5.57. The number of likely N-dealkylation sites (N-methyl/N-ethyl adjacent to an activating group) is 1. The van der Waals surface area contributed by atoms with Crippen LogP contribution in [0.2, 0.25) is 0 Å². The van der Waals surface area contributed by atoms with Gasteiger partial charge in [0.25, 0.3) is 0 Å². The highest BCUT2D eigenvalue weighted by molar-refractivity contribution is 5.96. The lowest BCUT2D eigenvalue weighted by Gasteiger charge is -2.16. The molecule has 5 nitrogen and oxygen atoms in total. The van der Waals surface area contributed by atoms with E-state index in [-0.39, 0.29) is 0 Å². The minimum absolute atomic E-state index is 0.772. The van der Waals surface area contributed by atoms with E-state index in [1.54, 1.807) is 0 Å². The Morgan fingerprint density at radius 1 is 1.13 bits per heavy atom. The van der Waals surface area contributed by atoms with Crippen molar-refractivity contribution in [1.82, 2.24) is 25.1 Å². The van der Waals surface area contributed by atoms with Crippen molar-refractivity contribution in [2.24, 2.45) is 0 Å². The lowest BCUT2D eigenvalue weighted by molar-refractivity contribution is 0.448. The Balaban J connectivity index is 1.82. The van der Waals surface area contributed by atoms with Crippen LogP contribution in [0, 0.1) is 0 Å². The monoisotopic (exact) mass is 397 g/mol. The van der Waals surface area contributed by atoms with Gasteiger partial charge in [-0.25, -0.2) is 4.98 Å². The summed E-state index contributed by atoms with van der Waals surface area (Å²) in [5, 5.41) is 8.74. The van der Waals surface area contributed by atoms with Gasteiger partial charge in [0.2, 0.25) is 0 Å². The lowest BCUT2D eigenvalue weighted by atomic mass is 9.93. The van der Waals surface area contributed by atoms with Gasteiger partial charge < -0.3 is 9.88 Å². The van der Waals surface area contributed by atoms with Crippen LogP contribution in [0.1, 0.15) is 19.4 Å². The molecule has 0 spiro atoms. The number of allylic oxidation sites excluding steroid dienone is 3. The number of hydrogen-bond acceptors (Lipinski definition) is 3. The molecule has 4 rings (SSSR count). The predicted molar refractivity (Wildman–Crippen MR) is 126 cm³/mol. The van der Waals surface area contributed by atoms with Crippen LogP contribution in [0.25, 0.3) is 39.0 Å². The number of aromatic nitrogens is 4. The highest BCUT2D eigenvalue weighted by atomic mass is 15.1. The second kappa shape index (κ2) is 8.13. The number of nitrogens with one attached hydrogen (secondary N) is 2. The van der Waals surface area contributed by atoms with E-state index in [4.69, 9.17) is 4.98 Å². The first-order valence-electron chi connectivity index (χ1n) is 10.1. The molecule has 0 saturated carbocycles. The highest BCUT2D eigenvalue weighted by Crippen LogP contribution is 2.32. The van der Waals surface area contributed by atoms with Crippen LogP contribution in [-0.4, -0.2) is 45.7 Å². The molecule has 2 heterocycles. The zero-order chi connectivity index (χ0) is 21.3. The molecule has 0 amide bonds. The topological polar surface area (TPSA) is 60.6 Å². The van der Waals surface area contributed by atoms with Crippen LogP contribution >= 0.6 is 0 Å². The van der Waals surface area contributed by atoms with Crippen molar-refractivity contribution in [1.29, 1.82) is 0 Å². The quantitative estimate of drug-likeness (QED) is 0.418. The molecule has 0 aliphatic rings. The fraction of sp³-hybridized carbons (Fsp3) is 0.200. The van der Waals surface area contributed by atoms with Gasteiger partial charge in [-0.1, -0.05) is 36.9 Å². The second-order valence-corrected chi connectivity index (χ2v) is 7.73. The number of hydrogen-bond donors (Lipinski definition) is 2. The number of rotatable bonds is 6. The van der Waals surface area contributed by atoms with E-state index in [0.29, 0.717) is 0 Å². The first-order valence-corrected chi connectivity index (χ1v) is 10.1. The van der Waals surface area contributed by atoms with Crippen LogP contribution in [0.3, 0.4) is 0 Å². The van der Waals surface area contributed by atoms with Crippen LogP contribution in [0.15, 0.2) is 72.3 Å². The van der Waals surface area contributed by atoms with Crippen molar-refractivity contribution in [3.8, 4) is 11.5 Å². The number of H-pyrrole nitrogens is 2. The fourth-order valence-electron chi connectivity index (χ4n) is 3.88. The summed E-state index contributed by atoms with van der Waals surface area (Å²) in [6, 6.07) is 14.4. The molecule has 0 bridgehead atoms. The number of fused-ring (bicyclic) bond motifs is 2. The largest absolute Gasteiger partial charge is 0.337 e. The molecule has 152 valence electrons. The van der Waals surface area contributed by atoms with Crippen LogP contribution in [0.5, 0.6) is 0 Å². The summed E-state index contributed by atoms with van der Waals surface area (Å²) >= 11 is 0. The average molecular weight is 398 g/mol. The summed E-state index contributed by atoms with van der Waals surface area (Å²) in [4.78, 5) is 10.3. The Kier molecular flexibility index (Phi) is 5.38. The summed E-state index contributed by atoms with van der Waals surface area (Å²) in [5.74, 6) is 0.772. The van der Waals surface area contributed by atoms with Gasteiger partial charge in [0.15, 0.2) is 5.82 Å². The number of nitrogens with zero attached hydrogens (tertiary/aromatic N) is 3. The normalized spacial score (nSPS) is 13.3. The smallest absolute Gasteiger partial charge is 0.159 e. The van der Waals surface area contributed by atoms with Gasteiger partial charge in [-0.15, -0.1) is 0 Å². The fourth-order valence-corrected chi connectivity index (χ4v) is 3.88. The minimum Gasteiger partial charge on any atom is -0.337 e. The minimum atomic E-state index is 0.772. The zero-order valence-electron chi connectivity index (χ0n) is 18.0. The molecule has 0 unspecified atom stereocenters. The van der Waals surface area contributed by atoms with E-state index >= 15 is 0 Å². The maximum atomic E-state index is 4.73. The molecule has 0 aliphatic carbocycles. The highest BCUT2D eigenvalue weighted by Gasteiger charge is 2.15. The Morgan fingerprint density at radius 3 is 2.63 bits per heavy atom. The molecular formula is C25H27N5. The summed E-state index contributed by atoms with van der Waals surface area (Å²) < 4.78 is 0. The van der Waals surface area contributed by atoms with Crippen molar-refractivity contribution in [2.45, 2.75) is 13.8 Å². The van der Waals surface area contributed by atoms with Crippen LogP contribution in [-0.2, 0) is 0 Å². The van der Waals surface area contributed by atoms with Crippen molar-refractivity contribution in [3.63, 3.8) is 0 Å². The molecule has 0 fully saturated rings. The lowest BCUT2D eigenvalue weighted by Crippen LogP contribution is -2.15. The third-order valence-electron chi connectivity index (χ3n) is 5.39. The number of benzene rings is 2. The van der Waals surface area contributed by atoms with Crippen LogP contribution in [0.4, 0.5) is 0 Å². The van der Waals surface area contributed by atoms with Crippen molar-refractivity contribution in [3.05, 3.63) is 77.9 Å². The zero-order valence-corrected chi connectivity index (χ0v) is 18.0. The Hall–Kier alpha value is -3.44. The molecule has 0 saturated heterocycles. The van der Waals surface area contributed by atoms with Gasteiger partial charge in [-0.3, -0.25) is 5.10 Å². The summed E-state index contributed by atoms with van der Waals surface area (Å²) in [7, 11) is 4.15. The van der Waals surface area contributed by atoms with Crippen molar-refractivity contribution in [2.75, 3.05) is 20.6 Å². The molecule has 0 radical (unpaired) electrons. The van der Waals surface area contributed by atoms with E-state index in [2.05, 4.69) is 78.9 Å². The molecule has 0 aliphatic heterocycles. The number of imidazole rings is 1. The standard InChI is InChI=1S/C25H27N5/c1-6-17(15-30(4)5)16(3)19(7-2)18-12-13-21-20(14-18)24(29-28-21)25-26-22-10-8-9-11-23(22)27-25/h6-14H,1,15H2,2-5H3,(H,26,27)(H,28,29)/b17-16+,19-7+. The Bertz CT molecular complexity index is 1250.